The van der Waals surface area contributed by atoms with Gasteiger partial charge in [-0.1, -0.05) is 20.6 Å². The Kier molecular flexibility index (Phi) is 9.15. The normalized spacial score (nSPS) is 22.3. The first-order valence-corrected chi connectivity index (χ1v) is 13.1. The van der Waals surface area contributed by atoms with Gasteiger partial charge >= 0.3 is 18.6 Å². The molecule has 0 bridgehead atoms. The van der Waals surface area contributed by atoms with E-state index < -0.39 is 19.1 Å². The lowest BCUT2D eigenvalue weighted by Gasteiger charge is -2.50. The number of hydroxylamine groups is 2. The maximum atomic E-state index is 12.7. The van der Waals surface area contributed by atoms with Crippen LogP contribution in [0.15, 0.2) is 33.6 Å². The van der Waals surface area contributed by atoms with Crippen LogP contribution in [-0.4, -0.2) is 56.0 Å². The van der Waals surface area contributed by atoms with Crippen LogP contribution in [0.5, 0.6) is 5.75 Å². The minimum Gasteiger partial charge on any atom is -0.634 e. The molecule has 1 atom stereocenters. The van der Waals surface area contributed by atoms with Crippen molar-refractivity contribution in [3.8, 4) is 5.75 Å². The largest absolute Gasteiger partial charge is 0.634 e. The van der Waals surface area contributed by atoms with E-state index in [1.165, 1.54) is 0 Å². The fraction of sp³-hybridized carbons (Fsp3) is 0.632. The average Bonchev–Trinajstić information content (AvgIpc) is 2.66. The van der Waals surface area contributed by atoms with Crippen LogP contribution in [0.2, 0.25) is 0 Å². The van der Waals surface area contributed by atoms with Crippen molar-refractivity contribution in [1.82, 2.24) is 4.67 Å². The van der Waals surface area contributed by atoms with Crippen molar-refractivity contribution in [2.24, 2.45) is 4.88 Å². The van der Waals surface area contributed by atoms with Crippen LogP contribution in [0, 0.1) is 5.21 Å². The number of hydrogen-bond donors (Lipinski definition) is 2. The van der Waals surface area contributed by atoms with Crippen molar-refractivity contribution in [2.45, 2.75) is 51.6 Å². The van der Waals surface area contributed by atoms with Gasteiger partial charge in [0, 0.05) is 16.2 Å². The van der Waals surface area contributed by atoms with Gasteiger partial charge in [-0.05, 0) is 52.0 Å². The third-order valence-electron chi connectivity index (χ3n) is 4.92. The van der Waals surface area contributed by atoms with Gasteiger partial charge in [0.15, 0.2) is 5.75 Å². The molecule has 2 rings (SSSR count). The molecule has 1 aromatic rings. The zero-order valence-corrected chi connectivity index (χ0v) is 21.7. The first-order chi connectivity index (χ1) is 13.9. The van der Waals surface area contributed by atoms with E-state index in [1.807, 2.05) is 39.8 Å². The number of quaternary nitrogens is 1. The van der Waals surface area contributed by atoms with E-state index in [0.717, 1.165) is 10.2 Å². The summed E-state index contributed by atoms with van der Waals surface area (Å²) in [6, 6.07) is 7.11. The third-order valence-corrected chi connectivity index (χ3v) is 7.70. The molecule has 30 heavy (non-hydrogen) atoms. The quantitative estimate of drug-likeness (QED) is 0.170. The molecule has 1 heterocycles. The predicted octanol–water partition coefficient (Wildman–Crippen LogP) is 4.11. The number of rotatable bonds is 8. The molecule has 0 radical (unpaired) electrons. The van der Waals surface area contributed by atoms with E-state index in [-0.39, 0.29) is 16.8 Å². The summed E-state index contributed by atoms with van der Waals surface area (Å²) in [6.45, 7) is 8.35. The Morgan fingerprint density at radius 3 is 2.13 bits per heavy atom. The summed E-state index contributed by atoms with van der Waals surface area (Å²) in [4.78, 5) is 20.2. The zero-order chi connectivity index (χ0) is 22.6. The van der Waals surface area contributed by atoms with Gasteiger partial charge in [0.25, 0.3) is 0 Å². The van der Waals surface area contributed by atoms with Crippen molar-refractivity contribution in [3.63, 3.8) is 0 Å². The van der Waals surface area contributed by atoms with Gasteiger partial charge in [-0.3, -0.25) is 4.52 Å². The lowest BCUT2D eigenvalue weighted by Crippen LogP contribution is -3.23. The average molecular weight is 544 g/mol. The van der Waals surface area contributed by atoms with Crippen molar-refractivity contribution in [3.05, 3.63) is 33.9 Å². The van der Waals surface area contributed by atoms with Crippen molar-refractivity contribution < 1.29 is 19.3 Å². The number of piperidine rings is 1. The van der Waals surface area contributed by atoms with Gasteiger partial charge in [0.2, 0.25) is 0 Å². The number of halogens is 3. The second-order valence-corrected chi connectivity index (χ2v) is 12.2. The highest BCUT2D eigenvalue weighted by molar-refractivity contribution is 9.10. The molecule has 11 heteroatoms. The minimum atomic E-state index is -3.51. The van der Waals surface area contributed by atoms with Gasteiger partial charge < -0.3 is 10.3 Å². The molecule has 168 valence electrons. The smallest absolute Gasteiger partial charge is 0.611 e. The predicted molar refractivity (Wildman–Crippen MR) is 126 cm³/mol. The van der Waals surface area contributed by atoms with E-state index in [2.05, 4.69) is 25.6 Å². The van der Waals surface area contributed by atoms with E-state index in [9.17, 15) is 10.1 Å². The molecule has 0 amide bonds. The summed E-state index contributed by atoms with van der Waals surface area (Å²) in [7, 11) is -3.51. The maximum absolute atomic E-state index is 12.7. The molecule has 0 aromatic heterocycles. The molecule has 1 aliphatic heterocycles. The van der Waals surface area contributed by atoms with E-state index >= 15 is 0 Å². The van der Waals surface area contributed by atoms with Gasteiger partial charge in [0.1, 0.15) is 23.9 Å². The van der Waals surface area contributed by atoms with E-state index in [0.29, 0.717) is 31.7 Å². The van der Waals surface area contributed by atoms with Crippen molar-refractivity contribution in [2.75, 3.05) is 24.8 Å². The molecule has 1 saturated heterocycles. The minimum absolute atomic E-state index is 0.205. The van der Waals surface area contributed by atoms with E-state index in [1.54, 1.807) is 16.8 Å². The zero-order valence-electron chi connectivity index (χ0n) is 17.7. The number of nitrogens with zero attached hydrogens (tertiary/aromatic N) is 3. The Balaban J connectivity index is 2.45. The summed E-state index contributed by atoms with van der Waals surface area (Å²) in [6.07, 6.45) is 0.976. The van der Waals surface area contributed by atoms with E-state index in [4.69, 9.17) is 27.7 Å². The molecule has 0 aliphatic carbocycles. The van der Waals surface area contributed by atoms with Crippen LogP contribution in [-0.2, 0) is 0 Å². The van der Waals surface area contributed by atoms with Crippen molar-refractivity contribution >= 4 is 52.9 Å². The molecule has 0 spiro atoms. The van der Waals surface area contributed by atoms with Gasteiger partial charge in [-0.25, -0.2) is 0 Å². The third kappa shape index (κ3) is 6.61. The van der Waals surface area contributed by atoms with Crippen LogP contribution >= 0.6 is 47.1 Å². The summed E-state index contributed by atoms with van der Waals surface area (Å²) >= 11 is 15.3. The molecule has 2 N–H and O–H groups in total. The highest BCUT2D eigenvalue weighted by Crippen LogP contribution is 2.59. The van der Waals surface area contributed by atoms with Gasteiger partial charge in [-0.2, -0.15) is 4.89 Å². The standard InChI is InChI=1S/C19H30BrCl2N4O3P/c1-18(2)13-16(14-19(3,4)26(18)27)23-24-30(28,25(11-9-21)12-10-22)29-17-7-5-15(20)6-8-17/h5-8,26,28H,9-14H2,1-4H3/q+2. The summed E-state index contributed by atoms with van der Waals surface area (Å²) in [5.74, 6) is 1.03. The first kappa shape index (κ1) is 26.0. The summed E-state index contributed by atoms with van der Waals surface area (Å²) < 4.78 is 8.49. The highest BCUT2D eigenvalue weighted by Gasteiger charge is 2.56. The molecular formula is C19H30BrCl2N4O3P+2. The molecule has 7 nitrogen and oxygen atoms in total. The molecule has 1 aromatic carbocycles. The Labute approximate surface area is 197 Å². The number of benzene rings is 1. The summed E-state index contributed by atoms with van der Waals surface area (Å²) in [5.41, 5.74) is -0.310. The molecule has 1 fully saturated rings. The van der Waals surface area contributed by atoms with Crippen LogP contribution < -0.4 is 9.59 Å². The van der Waals surface area contributed by atoms with Crippen LogP contribution in [0.1, 0.15) is 40.5 Å². The molecule has 1 aliphatic rings. The fourth-order valence-electron chi connectivity index (χ4n) is 3.69. The Bertz CT molecular complexity index is 764. The fourth-order valence-corrected chi connectivity index (χ4v) is 6.23. The van der Waals surface area contributed by atoms with Gasteiger partial charge in [0.05, 0.1) is 17.9 Å². The highest BCUT2D eigenvalue weighted by atomic mass is 79.9. The second-order valence-electron chi connectivity index (χ2n) is 8.60. The van der Waals surface area contributed by atoms with Crippen molar-refractivity contribution in [1.29, 1.82) is 0 Å². The van der Waals surface area contributed by atoms with Gasteiger partial charge in [-0.15, -0.1) is 23.2 Å². The lowest BCUT2D eigenvalue weighted by molar-refractivity contribution is -0.950. The number of alkyl halides is 2. The summed E-state index contributed by atoms with van der Waals surface area (Å²) in [5, 5.41) is 12.9. The van der Waals surface area contributed by atoms with Crippen LogP contribution in [0.4, 0.5) is 0 Å². The Morgan fingerprint density at radius 2 is 1.67 bits per heavy atom. The molecule has 1 unspecified atom stereocenters. The Morgan fingerprint density at radius 1 is 1.17 bits per heavy atom. The number of nitrogens with one attached hydrogen (secondary N) is 1. The first-order valence-electron chi connectivity index (χ1n) is 9.71. The van der Waals surface area contributed by atoms with Crippen LogP contribution in [0.25, 0.3) is 0 Å². The van der Waals surface area contributed by atoms with Crippen LogP contribution in [0.3, 0.4) is 0 Å². The Hall–Kier alpha value is -0.270. The topological polar surface area (TPSA) is 86.7 Å². The maximum Gasteiger partial charge on any atom is 0.611 e. The second kappa shape index (κ2) is 10.6. The lowest BCUT2D eigenvalue weighted by atomic mass is 9.81. The molecular weight excluding hydrogens is 514 g/mol. The SMILES string of the molecule is CC1(C)CC(=[N+]=N[P+](O)(Oc2ccc(Br)cc2)N(CCCl)CCCl)CC(C)(C)[NH+]1[O-]. The monoisotopic (exact) mass is 542 g/mol. The molecule has 0 saturated carbocycles. The number of hydrogen-bond acceptors (Lipinski definition) is 5.